The van der Waals surface area contributed by atoms with Crippen molar-refractivity contribution in [2.24, 2.45) is 0 Å². The Labute approximate surface area is 229 Å². The third kappa shape index (κ3) is 4.27. The third-order valence-corrected chi connectivity index (χ3v) is 7.43. The van der Waals surface area contributed by atoms with Crippen LogP contribution < -0.4 is 9.47 Å². The Morgan fingerprint density at radius 1 is 1.15 bits per heavy atom. The van der Waals surface area contributed by atoms with E-state index in [9.17, 15) is 9.18 Å². The summed E-state index contributed by atoms with van der Waals surface area (Å²) in [7, 11) is 0. The maximum absolute atomic E-state index is 15.0. The molecule has 40 heavy (non-hydrogen) atoms. The Bertz CT molecular complexity index is 1760. The summed E-state index contributed by atoms with van der Waals surface area (Å²) in [5.74, 6) is -0.0461. The lowest BCUT2D eigenvalue weighted by atomic mass is 9.81. The zero-order chi connectivity index (χ0) is 28.0. The van der Waals surface area contributed by atoms with Crippen LogP contribution in [-0.4, -0.2) is 34.1 Å². The third-order valence-electron chi connectivity index (χ3n) is 7.43. The van der Waals surface area contributed by atoms with Crippen molar-refractivity contribution in [2.45, 2.75) is 32.6 Å². The van der Waals surface area contributed by atoms with Gasteiger partial charge in [0.05, 0.1) is 24.0 Å². The van der Waals surface area contributed by atoms with Gasteiger partial charge < -0.3 is 24.2 Å². The first kappa shape index (κ1) is 25.6. The largest absolute Gasteiger partial charge is 0.492 e. The highest BCUT2D eigenvalue weighted by molar-refractivity contribution is 5.85. The fourth-order valence-corrected chi connectivity index (χ4v) is 5.27. The number of carbonyl (C=O) groups is 1. The number of para-hydroxylation sites is 1. The predicted octanol–water partition coefficient (Wildman–Crippen LogP) is 6.74. The monoisotopic (exact) mass is 543 g/mol. The lowest BCUT2D eigenvalue weighted by Gasteiger charge is -2.21. The predicted molar refractivity (Wildman–Crippen MR) is 146 cm³/mol. The van der Waals surface area contributed by atoms with Crippen LogP contribution in [0, 0.1) is 18.6 Å². The maximum Gasteiger partial charge on any atom is 0.310 e. The number of esters is 1. The first-order valence-corrected chi connectivity index (χ1v) is 13.0. The molecule has 1 aliphatic rings. The lowest BCUT2D eigenvalue weighted by molar-refractivity contribution is -0.142. The van der Waals surface area contributed by atoms with Crippen LogP contribution in [0.5, 0.6) is 17.2 Å². The van der Waals surface area contributed by atoms with Crippen molar-refractivity contribution in [1.29, 1.82) is 0 Å². The minimum absolute atomic E-state index is 0.0793. The van der Waals surface area contributed by atoms with Crippen molar-refractivity contribution < 1.29 is 27.8 Å². The number of aromatic amines is 2. The molecule has 0 amide bonds. The van der Waals surface area contributed by atoms with Gasteiger partial charge in [-0.2, -0.15) is 0 Å². The summed E-state index contributed by atoms with van der Waals surface area (Å²) in [4.78, 5) is 22.8. The van der Waals surface area contributed by atoms with Crippen LogP contribution in [0.3, 0.4) is 0 Å². The molecule has 0 fully saturated rings. The van der Waals surface area contributed by atoms with Crippen LogP contribution in [0.15, 0.2) is 60.9 Å². The molecule has 5 aromatic rings. The van der Waals surface area contributed by atoms with E-state index in [1.807, 2.05) is 31.2 Å². The number of fused-ring (bicyclic) bond motifs is 2. The summed E-state index contributed by atoms with van der Waals surface area (Å²) >= 11 is 0. The summed E-state index contributed by atoms with van der Waals surface area (Å²) in [5.41, 5.74) is 3.25. The number of hydrogen-bond donors (Lipinski definition) is 2. The fourth-order valence-electron chi connectivity index (χ4n) is 5.27. The quantitative estimate of drug-likeness (QED) is 0.222. The number of rotatable bonds is 7. The second kappa shape index (κ2) is 9.82. The van der Waals surface area contributed by atoms with Gasteiger partial charge in [0.25, 0.3) is 0 Å². The molecule has 0 saturated carbocycles. The molecule has 204 valence electrons. The highest BCUT2D eigenvalue weighted by Gasteiger charge is 2.41. The molecule has 7 nitrogen and oxygen atoms in total. The van der Waals surface area contributed by atoms with E-state index in [0.717, 1.165) is 22.2 Å². The van der Waals surface area contributed by atoms with Crippen LogP contribution in [0.25, 0.3) is 22.3 Å². The molecule has 9 heteroatoms. The molecule has 1 atom stereocenters. The molecular weight excluding hydrogens is 516 g/mol. The standard InChI is InChI=1S/C31H27F2N3O4/c1-4-38-27(37)12-18-6-5-7-22-29(18)39-16-31(22,3)26-15-35-30(36-26)21-13-19(8-9-23(21)32)40-28-17(2)20-10-11-34-25(20)14-24(28)33/h5-11,13-15,34H,4,12,16H2,1-3H3,(H,35,36)/t31-/m1/s1. The number of benzene rings is 3. The topological polar surface area (TPSA) is 89.2 Å². The molecule has 2 aromatic heterocycles. The Hall–Kier alpha value is -4.66. The van der Waals surface area contributed by atoms with Gasteiger partial charge in [0.1, 0.15) is 29.7 Å². The Balaban J connectivity index is 1.31. The lowest BCUT2D eigenvalue weighted by Crippen LogP contribution is -2.25. The normalized spacial score (nSPS) is 16.1. The van der Waals surface area contributed by atoms with Gasteiger partial charge in [-0.1, -0.05) is 18.2 Å². The molecule has 3 aromatic carbocycles. The number of aromatic nitrogens is 3. The molecule has 6 rings (SSSR count). The number of imidazole rings is 1. The molecule has 0 aliphatic carbocycles. The highest BCUT2D eigenvalue weighted by atomic mass is 19.1. The van der Waals surface area contributed by atoms with Crippen LogP contribution in [0.1, 0.15) is 36.2 Å². The Morgan fingerprint density at radius 3 is 2.83 bits per heavy atom. The van der Waals surface area contributed by atoms with Gasteiger partial charge in [-0.3, -0.25) is 4.79 Å². The van der Waals surface area contributed by atoms with Gasteiger partial charge in [-0.25, -0.2) is 13.8 Å². The average molecular weight is 544 g/mol. The van der Waals surface area contributed by atoms with Gasteiger partial charge >= 0.3 is 5.97 Å². The van der Waals surface area contributed by atoms with Gasteiger partial charge in [0.2, 0.25) is 0 Å². The van der Waals surface area contributed by atoms with E-state index in [-0.39, 0.29) is 29.5 Å². The average Bonchev–Trinajstić information content (AvgIpc) is 3.68. The summed E-state index contributed by atoms with van der Waals surface area (Å²) in [5, 5.41) is 0.840. The molecule has 0 spiro atoms. The van der Waals surface area contributed by atoms with Crippen LogP contribution in [-0.2, 0) is 21.4 Å². The van der Waals surface area contributed by atoms with E-state index in [0.29, 0.717) is 35.9 Å². The van der Waals surface area contributed by atoms with Crippen molar-refractivity contribution in [3.8, 4) is 28.6 Å². The van der Waals surface area contributed by atoms with E-state index >= 15 is 4.39 Å². The fraction of sp³-hybridized carbons (Fsp3) is 0.226. The molecule has 0 bridgehead atoms. The Kier molecular flexibility index (Phi) is 6.29. The summed E-state index contributed by atoms with van der Waals surface area (Å²) < 4.78 is 46.9. The number of ether oxygens (including phenoxy) is 3. The molecule has 3 heterocycles. The number of nitrogens with one attached hydrogen (secondary N) is 2. The number of H-pyrrole nitrogens is 2. The molecule has 0 saturated heterocycles. The van der Waals surface area contributed by atoms with Gasteiger partial charge in [-0.15, -0.1) is 0 Å². The Morgan fingerprint density at radius 2 is 2.00 bits per heavy atom. The summed E-state index contributed by atoms with van der Waals surface area (Å²) in [6.07, 6.45) is 3.50. The van der Waals surface area contributed by atoms with Gasteiger partial charge in [-0.05, 0) is 45.0 Å². The van der Waals surface area contributed by atoms with Gasteiger partial charge in [0.15, 0.2) is 11.6 Å². The van der Waals surface area contributed by atoms with Crippen LogP contribution >= 0.6 is 0 Å². The van der Waals surface area contributed by atoms with Crippen LogP contribution in [0.2, 0.25) is 0 Å². The van der Waals surface area contributed by atoms with Crippen molar-refractivity contribution in [3.05, 3.63) is 94.9 Å². The maximum atomic E-state index is 15.0. The smallest absolute Gasteiger partial charge is 0.310 e. The van der Waals surface area contributed by atoms with Crippen molar-refractivity contribution in [1.82, 2.24) is 15.0 Å². The molecule has 0 unspecified atom stereocenters. The van der Waals surface area contributed by atoms with Crippen molar-refractivity contribution >= 4 is 16.9 Å². The first-order chi connectivity index (χ1) is 19.3. The minimum atomic E-state index is -0.609. The number of aryl methyl sites for hydroxylation is 1. The zero-order valence-corrected chi connectivity index (χ0v) is 22.2. The summed E-state index contributed by atoms with van der Waals surface area (Å²) in [6, 6.07) is 13.1. The van der Waals surface area contributed by atoms with E-state index in [2.05, 4.69) is 15.0 Å². The van der Waals surface area contributed by atoms with E-state index in [4.69, 9.17) is 14.2 Å². The minimum Gasteiger partial charge on any atom is -0.492 e. The highest BCUT2D eigenvalue weighted by Crippen LogP contribution is 2.45. The van der Waals surface area contributed by atoms with E-state index < -0.39 is 17.0 Å². The SMILES string of the molecule is CCOC(=O)Cc1cccc2c1OC[C@@]2(C)c1cnc(-c2cc(Oc3c(F)cc4[nH]ccc4c3C)ccc2F)[nH]1. The second-order valence-corrected chi connectivity index (χ2v) is 10.0. The van der Waals surface area contributed by atoms with Gasteiger partial charge in [0, 0.05) is 51.7 Å². The number of halogens is 2. The number of hydrogen-bond acceptors (Lipinski definition) is 5. The van der Waals surface area contributed by atoms with Crippen molar-refractivity contribution in [2.75, 3.05) is 13.2 Å². The van der Waals surface area contributed by atoms with Crippen molar-refractivity contribution in [3.63, 3.8) is 0 Å². The van der Waals surface area contributed by atoms with Crippen LogP contribution in [0.4, 0.5) is 8.78 Å². The molecular formula is C31H27F2N3O4. The zero-order valence-electron chi connectivity index (χ0n) is 22.2. The molecule has 1 aliphatic heterocycles. The number of nitrogens with zero attached hydrogens (tertiary/aromatic N) is 1. The van der Waals surface area contributed by atoms with E-state index in [1.54, 1.807) is 26.2 Å². The number of carbonyl (C=O) groups excluding carboxylic acids is 1. The second-order valence-electron chi connectivity index (χ2n) is 10.0. The van der Waals surface area contributed by atoms with E-state index in [1.165, 1.54) is 24.3 Å². The first-order valence-electron chi connectivity index (χ1n) is 13.0. The summed E-state index contributed by atoms with van der Waals surface area (Å²) in [6.45, 7) is 6.17. The molecule has 2 N–H and O–H groups in total. The molecule has 0 radical (unpaired) electrons.